The van der Waals surface area contributed by atoms with Gasteiger partial charge in [0.1, 0.15) is 5.75 Å². The summed E-state index contributed by atoms with van der Waals surface area (Å²) in [5.74, 6) is 1.04. The fraction of sp³-hybridized carbons (Fsp3) is 0.474. The van der Waals surface area contributed by atoms with Gasteiger partial charge in [0.2, 0.25) is 8.32 Å². The largest absolute Gasteiger partial charge is 0.544 e. The van der Waals surface area contributed by atoms with E-state index in [0.717, 1.165) is 5.75 Å². The molecule has 1 aromatic carbocycles. The van der Waals surface area contributed by atoms with Gasteiger partial charge >= 0.3 is 0 Å². The van der Waals surface area contributed by atoms with Crippen LogP contribution in [-0.4, -0.2) is 19.8 Å². The molecule has 1 nitrogen and oxygen atoms in total. The van der Waals surface area contributed by atoms with Crippen LogP contribution >= 0.6 is 11.8 Å². The molecule has 3 heteroatoms. The Hall–Kier alpha value is -0.933. The highest BCUT2D eigenvalue weighted by Crippen LogP contribution is 2.43. The van der Waals surface area contributed by atoms with Crippen LogP contribution in [0, 0.1) is 5.41 Å². The van der Waals surface area contributed by atoms with E-state index in [4.69, 9.17) is 4.43 Å². The van der Waals surface area contributed by atoms with Gasteiger partial charge in [0.05, 0.1) is 0 Å². The van der Waals surface area contributed by atoms with E-state index in [0.29, 0.717) is 5.25 Å². The third kappa shape index (κ3) is 4.08. The van der Waals surface area contributed by atoms with Crippen LogP contribution in [0.4, 0.5) is 0 Å². The summed E-state index contributed by atoms with van der Waals surface area (Å²) in [6, 6.07) is 8.49. The fourth-order valence-electron chi connectivity index (χ4n) is 2.57. The number of allylic oxidation sites excluding steroid dienone is 2. The summed E-state index contributed by atoms with van der Waals surface area (Å²) in [6.07, 6.45) is 6.96. The Morgan fingerprint density at radius 1 is 1.09 bits per heavy atom. The lowest BCUT2D eigenvalue weighted by atomic mass is 9.87. The highest BCUT2D eigenvalue weighted by Gasteiger charge is 2.28. The van der Waals surface area contributed by atoms with Crippen molar-refractivity contribution in [3.63, 3.8) is 0 Å². The van der Waals surface area contributed by atoms with Crippen LogP contribution in [0.2, 0.25) is 19.6 Å². The van der Waals surface area contributed by atoms with Crippen LogP contribution in [-0.2, 0) is 0 Å². The Kier molecular flexibility index (Phi) is 4.98. The second kappa shape index (κ2) is 6.29. The highest BCUT2D eigenvalue weighted by atomic mass is 32.2. The van der Waals surface area contributed by atoms with Crippen molar-refractivity contribution in [2.45, 2.75) is 45.7 Å². The summed E-state index contributed by atoms with van der Waals surface area (Å²) in [5.41, 5.74) is 4.24. The maximum atomic E-state index is 6.32. The minimum absolute atomic E-state index is 0.185. The summed E-state index contributed by atoms with van der Waals surface area (Å²) in [5, 5.41) is 0.417. The van der Waals surface area contributed by atoms with E-state index < -0.39 is 8.32 Å². The molecule has 0 radical (unpaired) electrons. The predicted octanol–water partition coefficient (Wildman–Crippen LogP) is 6.00. The van der Waals surface area contributed by atoms with Crippen LogP contribution in [0.15, 0.2) is 42.0 Å². The summed E-state index contributed by atoms with van der Waals surface area (Å²) in [4.78, 5) is 0. The molecule has 2 rings (SSSR count). The first kappa shape index (κ1) is 17.4. The van der Waals surface area contributed by atoms with Crippen molar-refractivity contribution in [3.05, 3.63) is 47.6 Å². The molecule has 0 fully saturated rings. The van der Waals surface area contributed by atoms with E-state index in [-0.39, 0.29) is 5.41 Å². The summed E-state index contributed by atoms with van der Waals surface area (Å²) < 4.78 is 6.32. The Bertz CT molecular complexity index is 603. The molecule has 0 aliphatic heterocycles. The second-order valence-corrected chi connectivity index (χ2v) is 13.2. The summed E-state index contributed by atoms with van der Waals surface area (Å²) in [7, 11) is -1.62. The van der Waals surface area contributed by atoms with E-state index in [1.807, 2.05) is 11.8 Å². The lowest BCUT2D eigenvalue weighted by Crippen LogP contribution is -2.29. The smallest absolute Gasteiger partial charge is 0.242 e. The van der Waals surface area contributed by atoms with Gasteiger partial charge in [0, 0.05) is 10.8 Å². The maximum Gasteiger partial charge on any atom is 0.242 e. The summed E-state index contributed by atoms with van der Waals surface area (Å²) >= 11 is 1.89. The first-order valence-electron chi connectivity index (χ1n) is 7.87. The molecule has 1 aromatic rings. The standard InChI is InChI=1S/C19H28OSSi/c1-19(2,3)14-12-16(18(13-14)21-4)15-10-8-9-11-17(15)20-22(5,6)7/h8-13,18H,1-7H3. The van der Waals surface area contributed by atoms with Gasteiger partial charge in [-0.15, -0.1) is 0 Å². The second-order valence-electron chi connectivity index (χ2n) is 7.84. The van der Waals surface area contributed by atoms with E-state index in [1.54, 1.807) is 0 Å². The monoisotopic (exact) mass is 332 g/mol. The molecule has 0 N–H and O–H groups in total. The van der Waals surface area contributed by atoms with Crippen molar-refractivity contribution in [2.24, 2.45) is 5.41 Å². The van der Waals surface area contributed by atoms with Crippen molar-refractivity contribution in [2.75, 3.05) is 6.26 Å². The average molecular weight is 333 g/mol. The normalized spacial score (nSPS) is 19.0. The number of hydrogen-bond acceptors (Lipinski definition) is 2. The van der Waals surface area contributed by atoms with Crippen molar-refractivity contribution >= 4 is 25.7 Å². The Morgan fingerprint density at radius 2 is 1.73 bits per heavy atom. The zero-order valence-electron chi connectivity index (χ0n) is 14.9. The number of rotatable bonds is 4. The quantitative estimate of drug-likeness (QED) is 0.625. The van der Waals surface area contributed by atoms with Crippen LogP contribution in [0.5, 0.6) is 5.75 Å². The van der Waals surface area contributed by atoms with Crippen LogP contribution in [0.1, 0.15) is 26.3 Å². The zero-order chi connectivity index (χ0) is 16.5. The maximum absolute atomic E-state index is 6.32. The molecule has 0 aromatic heterocycles. The lowest BCUT2D eigenvalue weighted by Gasteiger charge is -2.23. The molecule has 0 saturated heterocycles. The van der Waals surface area contributed by atoms with E-state index in [1.165, 1.54) is 16.7 Å². The first-order chi connectivity index (χ1) is 10.1. The van der Waals surface area contributed by atoms with Crippen molar-refractivity contribution in [1.82, 2.24) is 0 Å². The van der Waals surface area contributed by atoms with Crippen molar-refractivity contribution < 1.29 is 4.43 Å². The first-order valence-corrected chi connectivity index (χ1v) is 12.6. The highest BCUT2D eigenvalue weighted by molar-refractivity contribution is 7.99. The molecular formula is C19H28OSSi. The Morgan fingerprint density at radius 3 is 2.27 bits per heavy atom. The number of benzene rings is 1. The molecule has 1 aliphatic carbocycles. The Labute approximate surface area is 141 Å². The number of para-hydroxylation sites is 1. The molecule has 0 spiro atoms. The topological polar surface area (TPSA) is 9.23 Å². The molecule has 22 heavy (non-hydrogen) atoms. The molecule has 0 amide bonds. The average Bonchev–Trinajstić information content (AvgIpc) is 2.81. The lowest BCUT2D eigenvalue weighted by molar-refractivity contribution is 0.518. The molecule has 1 aliphatic rings. The van der Waals surface area contributed by atoms with Crippen LogP contribution in [0.25, 0.3) is 5.57 Å². The molecule has 0 heterocycles. The molecule has 1 atom stereocenters. The van der Waals surface area contributed by atoms with Crippen LogP contribution in [0.3, 0.4) is 0 Å². The fourth-order valence-corrected chi connectivity index (χ4v) is 4.14. The number of thioether (sulfide) groups is 1. The van der Waals surface area contributed by atoms with Crippen molar-refractivity contribution in [3.8, 4) is 5.75 Å². The molecule has 1 unspecified atom stereocenters. The minimum atomic E-state index is -1.62. The van der Waals surface area contributed by atoms with E-state index >= 15 is 0 Å². The SMILES string of the molecule is CSC1C=C(C(C)(C)C)C=C1c1ccccc1O[Si](C)(C)C. The molecular weight excluding hydrogens is 304 g/mol. The Balaban J connectivity index is 2.44. The van der Waals surface area contributed by atoms with Gasteiger partial charge in [-0.3, -0.25) is 0 Å². The van der Waals surface area contributed by atoms with E-state index in [2.05, 4.69) is 83.1 Å². The van der Waals surface area contributed by atoms with Gasteiger partial charge in [0.25, 0.3) is 0 Å². The molecule has 0 bridgehead atoms. The third-order valence-electron chi connectivity index (χ3n) is 3.68. The zero-order valence-corrected chi connectivity index (χ0v) is 16.7. The number of hydrogen-bond donors (Lipinski definition) is 0. The predicted molar refractivity (Wildman–Crippen MR) is 103 cm³/mol. The molecule has 120 valence electrons. The van der Waals surface area contributed by atoms with E-state index in [9.17, 15) is 0 Å². The van der Waals surface area contributed by atoms with Gasteiger partial charge in [-0.2, -0.15) is 11.8 Å². The van der Waals surface area contributed by atoms with Gasteiger partial charge in [-0.25, -0.2) is 0 Å². The minimum Gasteiger partial charge on any atom is -0.544 e. The van der Waals surface area contributed by atoms with Gasteiger partial charge in [0.15, 0.2) is 0 Å². The van der Waals surface area contributed by atoms with Gasteiger partial charge in [-0.05, 0) is 48.5 Å². The summed E-state index contributed by atoms with van der Waals surface area (Å²) in [6.45, 7) is 13.5. The van der Waals surface area contributed by atoms with Crippen LogP contribution < -0.4 is 4.43 Å². The molecule has 0 saturated carbocycles. The van der Waals surface area contributed by atoms with Crippen molar-refractivity contribution in [1.29, 1.82) is 0 Å². The van der Waals surface area contributed by atoms with Gasteiger partial charge < -0.3 is 4.43 Å². The third-order valence-corrected chi connectivity index (χ3v) is 5.41. The van der Waals surface area contributed by atoms with Gasteiger partial charge in [-0.1, -0.05) is 51.1 Å².